The minimum absolute atomic E-state index is 0.389. The molecule has 322 valence electrons. The fourth-order valence-corrected chi connectivity index (χ4v) is 12.1. The van der Waals surface area contributed by atoms with E-state index in [-0.39, 0.29) is 0 Å². The summed E-state index contributed by atoms with van der Waals surface area (Å²) in [7, 11) is 13.7. The largest absolute Gasteiger partial charge is 0.717 e. The molecule has 6 aromatic rings. The lowest BCUT2D eigenvalue weighted by molar-refractivity contribution is 0.0592. The summed E-state index contributed by atoms with van der Waals surface area (Å²) < 4.78 is 24.5. The highest BCUT2D eigenvalue weighted by atomic mass is 35.6. The summed E-state index contributed by atoms with van der Waals surface area (Å²) in [6, 6.07) is 37.0. The summed E-state index contributed by atoms with van der Waals surface area (Å²) in [5.41, 5.74) is 11.9. The Labute approximate surface area is 386 Å². The highest BCUT2D eigenvalue weighted by Gasteiger charge is 2.37. The first-order valence-electron chi connectivity index (χ1n) is 20.7. The van der Waals surface area contributed by atoms with Crippen molar-refractivity contribution < 1.29 is 38.1 Å². The van der Waals surface area contributed by atoms with Crippen molar-refractivity contribution in [2.45, 2.75) is 0 Å². The Kier molecular flexibility index (Phi) is 10.8. The van der Waals surface area contributed by atoms with Crippen molar-refractivity contribution in [1.82, 2.24) is 7.10 Å². The molecule has 10 rings (SSSR count). The number of nitrogens with zero attached hydrogens (tertiary/aromatic N) is 4. The number of ether oxygens (including phenoxy) is 4. The monoisotopic (exact) mass is 906 g/mol. The van der Waals surface area contributed by atoms with Crippen LogP contribution in [0.4, 0.5) is 0 Å². The molecule has 0 saturated heterocycles. The average molecular weight is 907 g/mol. The molecule has 0 spiro atoms. The van der Waals surface area contributed by atoms with Crippen LogP contribution >= 0.6 is 10.0 Å². The van der Waals surface area contributed by atoms with Gasteiger partial charge in [-0.3, -0.25) is 0 Å². The lowest BCUT2D eigenvalue weighted by Gasteiger charge is -2.24. The number of benzene rings is 4. The van der Waals surface area contributed by atoms with Gasteiger partial charge in [0.05, 0.1) is 73.5 Å². The van der Waals surface area contributed by atoms with E-state index in [1.165, 1.54) is 28.4 Å². The predicted molar refractivity (Wildman–Crippen MR) is 252 cm³/mol. The normalized spacial score (nSPS) is 14.5. The van der Waals surface area contributed by atoms with Crippen LogP contribution in [0.1, 0.15) is 75.1 Å². The lowest BCUT2D eigenvalue weighted by atomic mass is 9.99. The van der Waals surface area contributed by atoms with E-state index in [0.717, 1.165) is 66.6 Å². The average Bonchev–Trinajstić information content (AvgIpc) is 4.20. The van der Waals surface area contributed by atoms with Crippen molar-refractivity contribution >= 4 is 81.3 Å². The van der Waals surface area contributed by atoms with Crippen LogP contribution in [-0.2, 0) is 18.9 Å². The summed E-state index contributed by atoms with van der Waals surface area (Å²) in [4.78, 5) is 61.3. The molecule has 0 aliphatic carbocycles. The number of hydrogen-bond acceptors (Lipinski definition) is 10. The highest BCUT2D eigenvalue weighted by Crippen LogP contribution is 2.40. The fraction of sp³-hybridized carbons (Fsp3) is 0.0769. The van der Waals surface area contributed by atoms with Crippen LogP contribution in [0.2, 0.25) is 0 Å². The first-order chi connectivity index (χ1) is 32.1. The maximum Gasteiger partial charge on any atom is 0.717 e. The van der Waals surface area contributed by atoms with E-state index in [9.17, 15) is 19.2 Å². The minimum Gasteiger partial charge on any atom is -0.465 e. The molecule has 0 amide bonds. The maximum absolute atomic E-state index is 12.6. The molecule has 0 N–H and O–H groups in total. The molecule has 0 fully saturated rings. The van der Waals surface area contributed by atoms with Crippen molar-refractivity contribution in [3.63, 3.8) is 0 Å². The van der Waals surface area contributed by atoms with Crippen LogP contribution in [0.25, 0.3) is 22.3 Å². The molecule has 6 bridgehead atoms. The number of hydrogen-bond donors (Lipinski definition) is 0. The summed E-state index contributed by atoms with van der Waals surface area (Å²) >= 11 is -3.10. The minimum atomic E-state index is -3.10. The molecule has 0 atom stereocenters. The maximum atomic E-state index is 12.6. The number of fused-ring (bicyclic) bond motifs is 2. The van der Waals surface area contributed by atoms with Crippen molar-refractivity contribution in [2.75, 3.05) is 28.4 Å². The van der Waals surface area contributed by atoms with E-state index in [1.807, 2.05) is 97.1 Å². The molecule has 14 heteroatoms. The van der Waals surface area contributed by atoms with Crippen LogP contribution in [-0.4, -0.2) is 84.5 Å². The van der Waals surface area contributed by atoms with Crippen LogP contribution in [0.3, 0.4) is 0 Å². The Morgan fingerprint density at radius 3 is 1.02 bits per heavy atom. The number of carbonyl (C=O) groups is 4. The van der Waals surface area contributed by atoms with Crippen molar-refractivity contribution in [1.29, 1.82) is 0 Å². The summed E-state index contributed by atoms with van der Waals surface area (Å²) in [6.07, 6.45) is 7.90. The molecule has 0 unspecified atom stereocenters. The van der Waals surface area contributed by atoms with Gasteiger partial charge in [0.2, 0.25) is 0 Å². The Morgan fingerprint density at radius 1 is 0.409 bits per heavy atom. The van der Waals surface area contributed by atoms with Crippen molar-refractivity contribution in [2.24, 2.45) is 9.98 Å². The molecular formula is C52H36AlClN4O8. The van der Waals surface area contributed by atoms with Crippen LogP contribution in [0.5, 0.6) is 0 Å². The molecule has 2 aromatic heterocycles. The topological polar surface area (TPSA) is 140 Å². The Balaban J connectivity index is 1.36. The molecule has 12 nitrogen and oxygen atoms in total. The molecule has 0 radical (unpaired) electrons. The summed E-state index contributed by atoms with van der Waals surface area (Å²) in [5, 5.41) is 1.53. The third-order valence-electron chi connectivity index (χ3n) is 12.0. The fourth-order valence-electron chi connectivity index (χ4n) is 8.84. The molecule has 6 heterocycles. The molecular weight excluding hydrogens is 871 g/mol. The van der Waals surface area contributed by atoms with Crippen LogP contribution in [0, 0.1) is 0 Å². The van der Waals surface area contributed by atoms with Crippen LogP contribution in [0.15, 0.2) is 167 Å². The van der Waals surface area contributed by atoms with Gasteiger partial charge in [-0.2, -0.15) is 10.0 Å². The van der Waals surface area contributed by atoms with Gasteiger partial charge >= 0.3 is 37.5 Å². The van der Waals surface area contributed by atoms with Gasteiger partial charge in [-0.25, -0.2) is 29.2 Å². The molecule has 4 aromatic carbocycles. The van der Waals surface area contributed by atoms with Crippen molar-refractivity contribution in [3.8, 4) is 0 Å². The highest BCUT2D eigenvalue weighted by molar-refractivity contribution is 7.05. The summed E-state index contributed by atoms with van der Waals surface area (Å²) in [6.45, 7) is 0. The number of aliphatic imine (C=N–C) groups is 2. The first-order valence-corrected chi connectivity index (χ1v) is 23.5. The standard InChI is InChI=1S/C52H37N4O8.Al.ClH/c1-61-49(57)33-13-5-29(6-14-33)45-37-21-23-39(53-37)46(30-7-15-34(16-8-30)50(58)62-2)41-25-27-43(55-41)48(32-11-19-36(20-12-32)52(60)64-4)44-28-26-42(56-44)47(40-24-22-38(45)54-40)31-9-17-35(18-10-31)51(59)63-3;;/h5-28H,1-4H3,(H-,53,54,55,56,57,58,59,60);;1H/q-1;+3;/p-2. The molecule has 66 heavy (non-hydrogen) atoms. The second-order valence-corrected chi connectivity index (χ2v) is 18.3. The van der Waals surface area contributed by atoms with E-state index in [0.29, 0.717) is 45.1 Å². The summed E-state index contributed by atoms with van der Waals surface area (Å²) in [5.74, 6) is -1.85. The molecule has 4 aliphatic heterocycles. The van der Waals surface area contributed by atoms with Gasteiger partial charge in [-0.1, -0.05) is 48.5 Å². The number of aromatic nitrogens is 2. The van der Waals surface area contributed by atoms with Gasteiger partial charge in [0.25, 0.3) is 0 Å². The van der Waals surface area contributed by atoms with E-state index < -0.39 is 37.5 Å². The van der Waals surface area contributed by atoms with Gasteiger partial charge in [0, 0.05) is 44.4 Å². The van der Waals surface area contributed by atoms with Crippen LogP contribution < -0.4 is 10.7 Å². The zero-order valence-corrected chi connectivity index (χ0v) is 37.8. The predicted octanol–water partition coefficient (Wildman–Crippen LogP) is 7.02. The molecule has 4 aliphatic rings. The number of esters is 4. The number of methoxy groups -OCH3 is 4. The molecule has 0 saturated carbocycles. The number of allylic oxidation sites excluding steroid dienone is 4. The van der Waals surface area contributed by atoms with E-state index in [2.05, 4.69) is 7.10 Å². The lowest BCUT2D eigenvalue weighted by Crippen LogP contribution is -2.46. The SMILES string of the molecule is COC(=O)c1ccc(C2=C3C=CC(=N3)C(c3ccc(C(=O)OC)cc3)=c3ccc4[n]3[Al]([Cl])[n]3c2ccc3C(c2ccc(C(=O)OC)cc2)=C2C=CC(=N2)C=4c2ccc(C(=O)OC)cc2)cc1. The zero-order chi connectivity index (χ0) is 45.8. The van der Waals surface area contributed by atoms with E-state index >= 15 is 0 Å². The van der Waals surface area contributed by atoms with Gasteiger partial charge in [-0.15, -0.1) is 0 Å². The Morgan fingerprint density at radius 2 is 0.712 bits per heavy atom. The third-order valence-corrected chi connectivity index (χ3v) is 15.1. The number of carbonyl (C=O) groups excluding carboxylic acids is 4. The van der Waals surface area contributed by atoms with Gasteiger partial charge in [0.15, 0.2) is 0 Å². The number of halogens is 1. The zero-order valence-electron chi connectivity index (χ0n) is 35.9. The Hall–Kier alpha value is -7.82. The van der Waals surface area contributed by atoms with E-state index in [4.69, 9.17) is 39.0 Å². The second-order valence-electron chi connectivity index (χ2n) is 15.5. The van der Waals surface area contributed by atoms with Gasteiger partial charge in [0.1, 0.15) is 0 Å². The smallest absolute Gasteiger partial charge is 0.465 e. The second kappa shape index (κ2) is 17.0. The van der Waals surface area contributed by atoms with Gasteiger partial charge < -0.3 is 26.0 Å². The quantitative estimate of drug-likeness (QED) is 0.0903. The van der Waals surface area contributed by atoms with Gasteiger partial charge in [-0.05, 0) is 119 Å². The first kappa shape index (κ1) is 42.2. The number of rotatable bonds is 8. The van der Waals surface area contributed by atoms with E-state index in [1.54, 1.807) is 48.5 Å². The Bertz CT molecular complexity index is 3190. The van der Waals surface area contributed by atoms with Crippen molar-refractivity contribution in [3.05, 3.63) is 224 Å². The third kappa shape index (κ3) is 7.01.